The lowest BCUT2D eigenvalue weighted by atomic mass is 10.1. The van der Waals surface area contributed by atoms with Gasteiger partial charge in [-0.3, -0.25) is 4.79 Å². The molecule has 2 atom stereocenters. The number of carbonyl (C=O) groups is 3. The quantitative estimate of drug-likeness (QED) is 0.718. The molecular formula is C23H27N3O4. The van der Waals surface area contributed by atoms with Gasteiger partial charge in [-0.15, -0.1) is 0 Å². The van der Waals surface area contributed by atoms with E-state index >= 15 is 0 Å². The maximum atomic E-state index is 13.0. The van der Waals surface area contributed by atoms with Crippen molar-refractivity contribution in [2.75, 3.05) is 11.5 Å². The molecule has 1 aliphatic heterocycles. The van der Waals surface area contributed by atoms with Gasteiger partial charge in [0.25, 0.3) is 5.91 Å². The van der Waals surface area contributed by atoms with E-state index in [9.17, 15) is 14.4 Å². The number of rotatable bonds is 6. The van der Waals surface area contributed by atoms with Crippen molar-refractivity contribution in [2.24, 2.45) is 0 Å². The molecule has 2 N–H and O–H groups in total. The van der Waals surface area contributed by atoms with Gasteiger partial charge in [-0.2, -0.15) is 0 Å². The van der Waals surface area contributed by atoms with Gasteiger partial charge in [0.1, 0.15) is 6.04 Å². The van der Waals surface area contributed by atoms with E-state index in [1.165, 1.54) is 0 Å². The molecule has 30 heavy (non-hydrogen) atoms. The summed E-state index contributed by atoms with van der Waals surface area (Å²) in [5.41, 5.74) is 3.49. The highest BCUT2D eigenvalue weighted by Gasteiger charge is 2.31. The van der Waals surface area contributed by atoms with Crippen LogP contribution in [0.4, 0.5) is 10.5 Å². The lowest BCUT2D eigenvalue weighted by Gasteiger charge is -2.23. The zero-order valence-electron chi connectivity index (χ0n) is 17.5. The molecule has 0 saturated carbocycles. The largest absolute Gasteiger partial charge is 0.464 e. The maximum Gasteiger partial charge on any atom is 0.328 e. The van der Waals surface area contributed by atoms with Crippen LogP contribution in [0.15, 0.2) is 48.5 Å². The summed E-state index contributed by atoms with van der Waals surface area (Å²) in [5, 5.41) is 5.30. The second kappa shape index (κ2) is 9.43. The summed E-state index contributed by atoms with van der Waals surface area (Å²) in [5.74, 6) is -0.512. The van der Waals surface area contributed by atoms with Crippen LogP contribution in [-0.2, 0) is 22.5 Å². The molecule has 0 spiro atoms. The normalized spacial score (nSPS) is 15.8. The summed E-state index contributed by atoms with van der Waals surface area (Å²) >= 11 is 0. The van der Waals surface area contributed by atoms with Crippen molar-refractivity contribution in [3.63, 3.8) is 0 Å². The number of carbonyl (C=O) groups excluding carboxylic acids is 3. The minimum Gasteiger partial charge on any atom is -0.464 e. The molecule has 2 aromatic rings. The van der Waals surface area contributed by atoms with E-state index in [-0.39, 0.29) is 25.1 Å². The average Bonchev–Trinajstić information content (AvgIpc) is 3.07. The minimum absolute atomic E-state index is 0.0343. The molecule has 3 amide bonds. The number of urea groups is 1. The number of amides is 3. The molecule has 0 unspecified atom stereocenters. The predicted molar refractivity (Wildman–Crippen MR) is 114 cm³/mol. The Kier molecular flexibility index (Phi) is 6.72. The number of anilines is 1. The molecule has 3 rings (SSSR count). The SMILES string of the molecule is CCOC(=O)[C@@H](C)NC(=O)NCc1ccc2c(c1)N(C(=O)c1ccccc1)[C@H](C)C2. The van der Waals surface area contributed by atoms with Gasteiger partial charge in [0.05, 0.1) is 6.61 Å². The Morgan fingerprint density at radius 3 is 2.60 bits per heavy atom. The molecule has 0 aliphatic carbocycles. The Morgan fingerprint density at radius 1 is 1.17 bits per heavy atom. The first-order valence-corrected chi connectivity index (χ1v) is 10.1. The monoisotopic (exact) mass is 409 g/mol. The second-order valence-corrected chi connectivity index (χ2v) is 7.36. The number of nitrogens with one attached hydrogen (secondary N) is 2. The number of hydrogen-bond donors (Lipinski definition) is 2. The van der Waals surface area contributed by atoms with Crippen molar-refractivity contribution in [2.45, 2.75) is 45.8 Å². The fourth-order valence-corrected chi connectivity index (χ4v) is 3.55. The van der Waals surface area contributed by atoms with E-state index in [4.69, 9.17) is 4.74 Å². The summed E-state index contributed by atoms with van der Waals surface area (Å²) in [6, 6.07) is 14.0. The van der Waals surface area contributed by atoms with Gasteiger partial charge in [0.15, 0.2) is 0 Å². The maximum absolute atomic E-state index is 13.0. The Balaban J connectivity index is 1.67. The first kappa shape index (κ1) is 21.4. The third kappa shape index (κ3) is 4.79. The van der Waals surface area contributed by atoms with Gasteiger partial charge in [-0.05, 0) is 56.5 Å². The summed E-state index contributed by atoms with van der Waals surface area (Å²) in [6.45, 7) is 5.85. The molecule has 158 valence electrons. The fourth-order valence-electron chi connectivity index (χ4n) is 3.55. The third-order valence-corrected chi connectivity index (χ3v) is 5.05. The smallest absolute Gasteiger partial charge is 0.328 e. The zero-order valence-corrected chi connectivity index (χ0v) is 17.5. The van der Waals surface area contributed by atoms with Crippen molar-refractivity contribution >= 4 is 23.6 Å². The number of esters is 1. The predicted octanol–water partition coefficient (Wildman–Crippen LogP) is 3.03. The van der Waals surface area contributed by atoms with Crippen LogP contribution in [0.2, 0.25) is 0 Å². The molecule has 1 heterocycles. The van der Waals surface area contributed by atoms with Gasteiger partial charge in [-0.25, -0.2) is 9.59 Å². The van der Waals surface area contributed by atoms with Gasteiger partial charge in [0, 0.05) is 23.8 Å². The molecular weight excluding hydrogens is 382 g/mol. The molecule has 0 bridgehead atoms. The van der Waals surface area contributed by atoms with Crippen LogP contribution < -0.4 is 15.5 Å². The molecule has 0 fully saturated rings. The first-order valence-electron chi connectivity index (χ1n) is 10.1. The van der Waals surface area contributed by atoms with Crippen LogP contribution >= 0.6 is 0 Å². The van der Waals surface area contributed by atoms with Gasteiger partial charge < -0.3 is 20.3 Å². The molecule has 7 heteroatoms. The summed E-state index contributed by atoms with van der Waals surface area (Å²) < 4.78 is 4.88. The molecule has 0 aromatic heterocycles. The van der Waals surface area contributed by atoms with Crippen LogP contribution in [0, 0.1) is 0 Å². The summed E-state index contributed by atoms with van der Waals surface area (Å²) in [6.07, 6.45) is 0.791. The van der Waals surface area contributed by atoms with E-state index < -0.39 is 18.0 Å². The van der Waals surface area contributed by atoms with Crippen LogP contribution in [0.3, 0.4) is 0 Å². The Labute approximate surface area is 176 Å². The highest BCUT2D eigenvalue weighted by molar-refractivity contribution is 6.07. The Bertz CT molecular complexity index is 929. The van der Waals surface area contributed by atoms with E-state index in [0.717, 1.165) is 23.2 Å². The minimum atomic E-state index is -0.732. The van der Waals surface area contributed by atoms with Crippen molar-refractivity contribution < 1.29 is 19.1 Å². The lowest BCUT2D eigenvalue weighted by molar-refractivity contribution is -0.144. The molecule has 7 nitrogen and oxygen atoms in total. The van der Waals surface area contributed by atoms with Crippen LogP contribution in [0.25, 0.3) is 0 Å². The van der Waals surface area contributed by atoms with E-state index in [1.54, 1.807) is 13.8 Å². The van der Waals surface area contributed by atoms with Crippen molar-refractivity contribution in [3.8, 4) is 0 Å². The van der Waals surface area contributed by atoms with E-state index in [0.29, 0.717) is 5.56 Å². The Hall–Kier alpha value is -3.35. The third-order valence-electron chi connectivity index (χ3n) is 5.05. The van der Waals surface area contributed by atoms with Crippen molar-refractivity contribution in [1.29, 1.82) is 0 Å². The molecule has 2 aromatic carbocycles. The van der Waals surface area contributed by atoms with Crippen molar-refractivity contribution in [1.82, 2.24) is 10.6 Å². The summed E-state index contributed by atoms with van der Waals surface area (Å²) in [4.78, 5) is 38.6. The molecule has 0 saturated heterocycles. The summed E-state index contributed by atoms with van der Waals surface area (Å²) in [7, 11) is 0. The highest BCUT2D eigenvalue weighted by Crippen LogP contribution is 2.34. The zero-order chi connectivity index (χ0) is 21.7. The number of fused-ring (bicyclic) bond motifs is 1. The topological polar surface area (TPSA) is 87.7 Å². The van der Waals surface area contributed by atoms with E-state index in [2.05, 4.69) is 10.6 Å². The second-order valence-electron chi connectivity index (χ2n) is 7.36. The highest BCUT2D eigenvalue weighted by atomic mass is 16.5. The number of ether oxygens (including phenoxy) is 1. The molecule has 1 aliphatic rings. The van der Waals surface area contributed by atoms with Crippen LogP contribution in [0.5, 0.6) is 0 Å². The Morgan fingerprint density at radius 2 is 1.90 bits per heavy atom. The number of benzene rings is 2. The lowest BCUT2D eigenvalue weighted by Crippen LogP contribution is -2.44. The van der Waals surface area contributed by atoms with E-state index in [1.807, 2.05) is 60.4 Å². The number of nitrogens with zero attached hydrogens (tertiary/aromatic N) is 1. The van der Waals surface area contributed by atoms with Crippen LogP contribution in [-0.4, -0.2) is 36.6 Å². The average molecular weight is 409 g/mol. The van der Waals surface area contributed by atoms with Gasteiger partial charge >= 0.3 is 12.0 Å². The van der Waals surface area contributed by atoms with Gasteiger partial charge in [-0.1, -0.05) is 30.3 Å². The van der Waals surface area contributed by atoms with Crippen molar-refractivity contribution in [3.05, 3.63) is 65.2 Å². The van der Waals surface area contributed by atoms with Crippen LogP contribution in [0.1, 0.15) is 42.3 Å². The first-order chi connectivity index (χ1) is 14.4. The molecule has 0 radical (unpaired) electrons. The standard InChI is InChI=1S/C23H27N3O4/c1-4-30-22(28)16(3)25-23(29)24-14-17-10-11-19-12-15(2)26(20(19)13-17)21(27)18-8-6-5-7-9-18/h5-11,13,15-16H,4,12,14H2,1-3H3,(H2,24,25,29)/t15-,16-/m1/s1. The number of hydrogen-bond acceptors (Lipinski definition) is 4. The fraction of sp³-hybridized carbons (Fsp3) is 0.348. The van der Waals surface area contributed by atoms with Gasteiger partial charge in [0.2, 0.25) is 0 Å².